The highest BCUT2D eigenvalue weighted by atomic mass is 32.2. The molecule has 0 aliphatic rings. The largest absolute Gasteiger partial charge is 0.490 e. The van der Waals surface area contributed by atoms with Gasteiger partial charge in [0.25, 0.3) is 0 Å². The third-order valence-corrected chi connectivity index (χ3v) is 3.41. The molecule has 102 valence electrons. The predicted octanol–water partition coefficient (Wildman–Crippen LogP) is 3.74. The molecule has 0 atom stereocenters. The van der Waals surface area contributed by atoms with E-state index in [0.717, 1.165) is 11.5 Å². The van der Waals surface area contributed by atoms with Crippen LogP contribution in [-0.2, 0) is 0 Å². The fraction of sp³-hybridized carbons (Fsp3) is 0.188. The average Bonchev–Trinajstić information content (AvgIpc) is 2.53. The van der Waals surface area contributed by atoms with Crippen molar-refractivity contribution in [3.63, 3.8) is 0 Å². The van der Waals surface area contributed by atoms with Crippen LogP contribution >= 0.6 is 11.8 Å². The molecule has 0 saturated carbocycles. The highest BCUT2D eigenvalue weighted by molar-refractivity contribution is 7.98. The minimum absolute atomic E-state index is 0.468. The van der Waals surface area contributed by atoms with Crippen LogP contribution in [0.2, 0.25) is 0 Å². The van der Waals surface area contributed by atoms with Gasteiger partial charge in [-0.05, 0) is 54.8 Å². The monoisotopic (exact) mass is 285 g/mol. The van der Waals surface area contributed by atoms with Gasteiger partial charge in [0.15, 0.2) is 0 Å². The number of rotatable bonds is 6. The summed E-state index contributed by atoms with van der Waals surface area (Å²) in [6.45, 7) is 0.953. The van der Waals surface area contributed by atoms with E-state index in [-0.39, 0.29) is 0 Å². The Morgan fingerprint density at radius 1 is 0.900 bits per heavy atom. The molecule has 0 radical (unpaired) electrons. The van der Waals surface area contributed by atoms with Gasteiger partial charge in [-0.2, -0.15) is 5.26 Å². The van der Waals surface area contributed by atoms with E-state index in [2.05, 4.69) is 6.07 Å². The zero-order valence-electron chi connectivity index (χ0n) is 11.2. The van der Waals surface area contributed by atoms with Crippen molar-refractivity contribution in [2.45, 2.75) is 4.90 Å². The van der Waals surface area contributed by atoms with Gasteiger partial charge in [0.2, 0.25) is 0 Å². The van der Waals surface area contributed by atoms with Crippen LogP contribution in [0.5, 0.6) is 11.5 Å². The molecule has 0 N–H and O–H groups in total. The van der Waals surface area contributed by atoms with E-state index in [1.165, 1.54) is 4.90 Å². The molecular weight excluding hydrogens is 270 g/mol. The van der Waals surface area contributed by atoms with Crippen molar-refractivity contribution >= 4 is 11.8 Å². The van der Waals surface area contributed by atoms with E-state index in [0.29, 0.717) is 18.8 Å². The number of hydrogen-bond acceptors (Lipinski definition) is 4. The lowest BCUT2D eigenvalue weighted by Crippen LogP contribution is -2.08. The maximum atomic E-state index is 8.69. The summed E-state index contributed by atoms with van der Waals surface area (Å²) in [7, 11) is 0. The molecule has 2 aromatic rings. The van der Waals surface area contributed by atoms with Gasteiger partial charge in [-0.1, -0.05) is 0 Å². The maximum absolute atomic E-state index is 8.69. The second-order valence-electron chi connectivity index (χ2n) is 4.01. The van der Waals surface area contributed by atoms with E-state index in [4.69, 9.17) is 14.7 Å². The van der Waals surface area contributed by atoms with E-state index < -0.39 is 0 Å². The van der Waals surface area contributed by atoms with Gasteiger partial charge < -0.3 is 9.47 Å². The van der Waals surface area contributed by atoms with Crippen molar-refractivity contribution in [1.82, 2.24) is 0 Å². The molecule has 0 aromatic heterocycles. The molecule has 0 fully saturated rings. The van der Waals surface area contributed by atoms with Crippen molar-refractivity contribution in [3.05, 3.63) is 54.1 Å². The number of ether oxygens (including phenoxy) is 2. The summed E-state index contributed by atoms with van der Waals surface area (Å²) in [6, 6.07) is 17.1. The van der Waals surface area contributed by atoms with Gasteiger partial charge in [-0.3, -0.25) is 0 Å². The Bertz CT molecular complexity index is 573. The Hall–Kier alpha value is -2.12. The summed E-state index contributed by atoms with van der Waals surface area (Å²) in [6.07, 6.45) is 2.04. The molecule has 0 bridgehead atoms. The van der Waals surface area contributed by atoms with Crippen LogP contribution in [0.25, 0.3) is 0 Å². The first kappa shape index (κ1) is 14.3. The standard InChI is InChI=1S/C16H15NO2S/c1-20-16-8-6-15(7-9-16)19-11-10-18-14-4-2-13(12-17)3-5-14/h2-9H,10-11H2,1H3. The van der Waals surface area contributed by atoms with E-state index in [1.54, 1.807) is 36.0 Å². The van der Waals surface area contributed by atoms with Crippen LogP contribution in [0.15, 0.2) is 53.4 Å². The first-order chi connectivity index (χ1) is 9.81. The fourth-order valence-corrected chi connectivity index (χ4v) is 2.02. The molecule has 0 heterocycles. The number of hydrogen-bond donors (Lipinski definition) is 0. The van der Waals surface area contributed by atoms with Gasteiger partial charge in [0.05, 0.1) is 11.6 Å². The summed E-state index contributed by atoms with van der Waals surface area (Å²) >= 11 is 1.70. The first-order valence-electron chi connectivity index (χ1n) is 6.21. The fourth-order valence-electron chi connectivity index (χ4n) is 1.62. The lowest BCUT2D eigenvalue weighted by molar-refractivity contribution is 0.217. The molecule has 0 aliphatic heterocycles. The van der Waals surface area contributed by atoms with Crippen LogP contribution in [0.4, 0.5) is 0 Å². The Morgan fingerprint density at radius 3 is 1.85 bits per heavy atom. The predicted molar refractivity (Wildman–Crippen MR) is 80.4 cm³/mol. The summed E-state index contributed by atoms with van der Waals surface area (Å²) in [5.74, 6) is 1.58. The highest BCUT2D eigenvalue weighted by Crippen LogP contribution is 2.19. The summed E-state index contributed by atoms with van der Waals surface area (Å²) < 4.78 is 11.1. The normalized spacial score (nSPS) is 9.80. The maximum Gasteiger partial charge on any atom is 0.122 e. The SMILES string of the molecule is CSc1ccc(OCCOc2ccc(C#N)cc2)cc1. The van der Waals surface area contributed by atoms with Gasteiger partial charge >= 0.3 is 0 Å². The van der Waals surface area contributed by atoms with Crippen molar-refractivity contribution in [1.29, 1.82) is 5.26 Å². The zero-order valence-corrected chi connectivity index (χ0v) is 12.0. The lowest BCUT2D eigenvalue weighted by Gasteiger charge is -2.08. The molecule has 0 amide bonds. The molecule has 0 spiro atoms. The summed E-state index contributed by atoms with van der Waals surface area (Å²) in [5, 5.41) is 8.69. The Kier molecular flexibility index (Phi) is 5.33. The highest BCUT2D eigenvalue weighted by Gasteiger charge is 1.97. The quantitative estimate of drug-likeness (QED) is 0.599. The van der Waals surface area contributed by atoms with Crippen molar-refractivity contribution in [2.75, 3.05) is 19.5 Å². The Balaban J connectivity index is 1.74. The van der Waals surface area contributed by atoms with Crippen molar-refractivity contribution < 1.29 is 9.47 Å². The van der Waals surface area contributed by atoms with Gasteiger partial charge in [0, 0.05) is 4.90 Å². The van der Waals surface area contributed by atoms with Crippen LogP contribution in [0, 0.1) is 11.3 Å². The molecule has 2 aromatic carbocycles. The Labute approximate surface area is 123 Å². The van der Waals surface area contributed by atoms with E-state index in [1.807, 2.05) is 30.5 Å². The second-order valence-corrected chi connectivity index (χ2v) is 4.89. The molecule has 3 nitrogen and oxygen atoms in total. The third kappa shape index (κ3) is 4.22. The van der Waals surface area contributed by atoms with Crippen molar-refractivity contribution in [3.8, 4) is 17.6 Å². The van der Waals surface area contributed by atoms with Crippen LogP contribution in [-0.4, -0.2) is 19.5 Å². The molecule has 0 unspecified atom stereocenters. The molecule has 2 rings (SSSR count). The number of nitriles is 1. The van der Waals surface area contributed by atoms with Crippen LogP contribution in [0.1, 0.15) is 5.56 Å². The molecule has 4 heteroatoms. The van der Waals surface area contributed by atoms with Gasteiger partial charge in [0.1, 0.15) is 24.7 Å². The van der Waals surface area contributed by atoms with Crippen LogP contribution in [0.3, 0.4) is 0 Å². The smallest absolute Gasteiger partial charge is 0.122 e. The zero-order chi connectivity index (χ0) is 14.2. The first-order valence-corrected chi connectivity index (χ1v) is 7.44. The summed E-state index contributed by atoms with van der Waals surface area (Å²) in [5.41, 5.74) is 0.627. The molecule has 20 heavy (non-hydrogen) atoms. The minimum atomic E-state index is 0.468. The van der Waals surface area contributed by atoms with E-state index >= 15 is 0 Å². The summed E-state index contributed by atoms with van der Waals surface area (Å²) in [4.78, 5) is 1.21. The Morgan fingerprint density at radius 2 is 1.40 bits per heavy atom. The third-order valence-electron chi connectivity index (χ3n) is 2.66. The van der Waals surface area contributed by atoms with Gasteiger partial charge in [-0.15, -0.1) is 11.8 Å². The minimum Gasteiger partial charge on any atom is -0.490 e. The number of benzene rings is 2. The van der Waals surface area contributed by atoms with Gasteiger partial charge in [-0.25, -0.2) is 0 Å². The second kappa shape index (κ2) is 7.46. The lowest BCUT2D eigenvalue weighted by atomic mass is 10.2. The topological polar surface area (TPSA) is 42.2 Å². The average molecular weight is 285 g/mol. The van der Waals surface area contributed by atoms with Crippen LogP contribution < -0.4 is 9.47 Å². The number of nitrogens with zero attached hydrogens (tertiary/aromatic N) is 1. The number of thioether (sulfide) groups is 1. The molecule has 0 saturated heterocycles. The molecule has 0 aliphatic carbocycles. The van der Waals surface area contributed by atoms with E-state index in [9.17, 15) is 0 Å². The van der Waals surface area contributed by atoms with Crippen molar-refractivity contribution in [2.24, 2.45) is 0 Å². The molecular formula is C16H15NO2S.